The van der Waals surface area contributed by atoms with Crippen molar-refractivity contribution >= 4 is 11.6 Å². The van der Waals surface area contributed by atoms with Crippen LogP contribution in [0.3, 0.4) is 0 Å². The number of benzene rings is 1. The molecule has 0 spiro atoms. The number of halogens is 1. The van der Waals surface area contributed by atoms with Crippen molar-refractivity contribution < 1.29 is 9.47 Å². The molecule has 108 valence electrons. The molecule has 0 aliphatic carbocycles. The van der Waals surface area contributed by atoms with Crippen molar-refractivity contribution in [2.24, 2.45) is 0 Å². The van der Waals surface area contributed by atoms with Crippen LogP contribution in [0.4, 0.5) is 0 Å². The van der Waals surface area contributed by atoms with Gasteiger partial charge in [0.2, 0.25) is 0 Å². The zero-order valence-electron chi connectivity index (χ0n) is 11.8. The molecule has 1 rings (SSSR count). The number of nitrogens with one attached hydrogen (secondary N) is 1. The van der Waals surface area contributed by atoms with Gasteiger partial charge in [-0.15, -0.1) is 0 Å². The zero-order chi connectivity index (χ0) is 13.9. The van der Waals surface area contributed by atoms with Gasteiger partial charge in [-0.25, -0.2) is 0 Å². The largest absolute Gasteiger partial charge is 0.492 e. The predicted octanol–water partition coefficient (Wildman–Crippen LogP) is 3.51. The summed E-state index contributed by atoms with van der Waals surface area (Å²) in [6.45, 7) is 4.65. The highest BCUT2D eigenvalue weighted by Crippen LogP contribution is 2.16. The molecule has 0 bridgehead atoms. The summed E-state index contributed by atoms with van der Waals surface area (Å²) in [6.07, 6.45) is 3.23. The second-order valence-electron chi connectivity index (χ2n) is 4.55. The topological polar surface area (TPSA) is 30.5 Å². The Balaban J connectivity index is 2.35. The predicted molar refractivity (Wildman–Crippen MR) is 80.1 cm³/mol. The highest BCUT2D eigenvalue weighted by atomic mass is 35.5. The van der Waals surface area contributed by atoms with E-state index in [-0.39, 0.29) is 0 Å². The van der Waals surface area contributed by atoms with Crippen LogP contribution >= 0.6 is 11.6 Å². The van der Waals surface area contributed by atoms with Crippen LogP contribution in [0.25, 0.3) is 0 Å². The lowest BCUT2D eigenvalue weighted by molar-refractivity contribution is 0.180. The summed E-state index contributed by atoms with van der Waals surface area (Å²) in [5.41, 5.74) is 0. The highest BCUT2D eigenvalue weighted by molar-refractivity contribution is 6.30. The fourth-order valence-corrected chi connectivity index (χ4v) is 1.92. The van der Waals surface area contributed by atoms with Crippen molar-refractivity contribution in [3.8, 4) is 5.75 Å². The van der Waals surface area contributed by atoms with E-state index in [2.05, 4.69) is 12.2 Å². The minimum Gasteiger partial charge on any atom is -0.492 e. The maximum Gasteiger partial charge on any atom is 0.119 e. The lowest BCUT2D eigenvalue weighted by Gasteiger charge is -2.19. The van der Waals surface area contributed by atoms with Gasteiger partial charge in [0.15, 0.2) is 0 Å². The Bertz CT molecular complexity index is 329. The van der Waals surface area contributed by atoms with E-state index in [1.807, 2.05) is 24.3 Å². The number of hydrogen-bond acceptors (Lipinski definition) is 3. The maximum absolute atomic E-state index is 5.85. The molecule has 1 aromatic carbocycles. The van der Waals surface area contributed by atoms with Crippen molar-refractivity contribution in [1.82, 2.24) is 5.32 Å². The van der Waals surface area contributed by atoms with Gasteiger partial charge in [0, 0.05) is 24.8 Å². The number of rotatable bonds is 10. The van der Waals surface area contributed by atoms with Gasteiger partial charge in [-0.05, 0) is 50.1 Å². The quantitative estimate of drug-likeness (QED) is 0.667. The SMILES string of the molecule is CCCNC(CCCOC)COc1ccc(Cl)cc1. The monoisotopic (exact) mass is 285 g/mol. The fourth-order valence-electron chi connectivity index (χ4n) is 1.79. The van der Waals surface area contributed by atoms with E-state index in [1.54, 1.807) is 7.11 Å². The first-order chi connectivity index (χ1) is 9.26. The molecule has 0 aliphatic rings. The van der Waals surface area contributed by atoms with Crippen LogP contribution in [-0.2, 0) is 4.74 Å². The van der Waals surface area contributed by atoms with E-state index < -0.39 is 0 Å². The van der Waals surface area contributed by atoms with Crippen molar-refractivity contribution in [1.29, 1.82) is 0 Å². The summed E-state index contributed by atoms with van der Waals surface area (Å²) in [5.74, 6) is 0.861. The summed E-state index contributed by atoms with van der Waals surface area (Å²) in [7, 11) is 1.73. The Labute approximate surface area is 121 Å². The molecule has 0 saturated carbocycles. The van der Waals surface area contributed by atoms with Crippen molar-refractivity contribution in [2.75, 3.05) is 26.9 Å². The average molecular weight is 286 g/mol. The second-order valence-corrected chi connectivity index (χ2v) is 4.99. The van der Waals surface area contributed by atoms with Gasteiger partial charge in [-0.1, -0.05) is 18.5 Å². The van der Waals surface area contributed by atoms with E-state index in [1.165, 1.54) is 0 Å². The molecule has 19 heavy (non-hydrogen) atoms. The van der Waals surface area contributed by atoms with Gasteiger partial charge >= 0.3 is 0 Å². The Morgan fingerprint density at radius 3 is 2.63 bits per heavy atom. The molecule has 0 radical (unpaired) electrons. The Kier molecular flexibility index (Phi) is 8.63. The first-order valence-corrected chi connectivity index (χ1v) is 7.24. The number of hydrogen-bond donors (Lipinski definition) is 1. The molecule has 1 unspecified atom stereocenters. The summed E-state index contributed by atoms with van der Waals surface area (Å²) >= 11 is 5.85. The van der Waals surface area contributed by atoms with E-state index in [0.29, 0.717) is 12.6 Å². The fraction of sp³-hybridized carbons (Fsp3) is 0.600. The number of methoxy groups -OCH3 is 1. The van der Waals surface area contributed by atoms with Gasteiger partial charge in [0.05, 0.1) is 0 Å². The molecule has 0 fully saturated rings. The van der Waals surface area contributed by atoms with E-state index in [4.69, 9.17) is 21.1 Å². The standard InChI is InChI=1S/C15H24ClNO2/c1-3-10-17-14(5-4-11-18-2)12-19-15-8-6-13(16)7-9-15/h6-9,14,17H,3-5,10-12H2,1-2H3. The molecule has 4 heteroatoms. The molecule has 0 aliphatic heterocycles. The van der Waals surface area contributed by atoms with Crippen LogP contribution < -0.4 is 10.1 Å². The van der Waals surface area contributed by atoms with Crippen LogP contribution in [0.1, 0.15) is 26.2 Å². The summed E-state index contributed by atoms with van der Waals surface area (Å²) in [4.78, 5) is 0. The minimum absolute atomic E-state index is 0.366. The third-order valence-corrected chi connectivity index (χ3v) is 3.10. The molecule has 0 saturated heterocycles. The average Bonchev–Trinajstić information content (AvgIpc) is 2.43. The lowest BCUT2D eigenvalue weighted by atomic mass is 10.1. The lowest BCUT2D eigenvalue weighted by Crippen LogP contribution is -2.35. The highest BCUT2D eigenvalue weighted by Gasteiger charge is 2.08. The molecule has 0 amide bonds. The molecule has 1 aromatic rings. The normalized spacial score (nSPS) is 12.4. The third kappa shape index (κ3) is 7.41. The van der Waals surface area contributed by atoms with Crippen LogP contribution in [-0.4, -0.2) is 32.9 Å². The molecule has 0 heterocycles. The van der Waals surface area contributed by atoms with E-state index in [0.717, 1.165) is 43.2 Å². The Morgan fingerprint density at radius 2 is 2.00 bits per heavy atom. The molecule has 1 atom stereocenters. The van der Waals surface area contributed by atoms with Crippen LogP contribution in [0.15, 0.2) is 24.3 Å². The van der Waals surface area contributed by atoms with Crippen LogP contribution in [0.5, 0.6) is 5.75 Å². The Hall–Kier alpha value is -0.770. The van der Waals surface area contributed by atoms with Gasteiger partial charge in [0.25, 0.3) is 0 Å². The first-order valence-electron chi connectivity index (χ1n) is 6.87. The third-order valence-electron chi connectivity index (χ3n) is 2.85. The van der Waals surface area contributed by atoms with Crippen molar-refractivity contribution in [2.45, 2.75) is 32.2 Å². The molecule has 0 aromatic heterocycles. The molecular formula is C15H24ClNO2. The van der Waals surface area contributed by atoms with Crippen LogP contribution in [0, 0.1) is 0 Å². The van der Waals surface area contributed by atoms with E-state index >= 15 is 0 Å². The Morgan fingerprint density at radius 1 is 1.26 bits per heavy atom. The first kappa shape index (κ1) is 16.3. The molecule has 3 nitrogen and oxygen atoms in total. The van der Waals surface area contributed by atoms with Crippen LogP contribution in [0.2, 0.25) is 5.02 Å². The molecular weight excluding hydrogens is 262 g/mol. The zero-order valence-corrected chi connectivity index (χ0v) is 12.6. The second kappa shape index (κ2) is 10.1. The van der Waals surface area contributed by atoms with Crippen molar-refractivity contribution in [3.05, 3.63) is 29.3 Å². The van der Waals surface area contributed by atoms with Gasteiger partial charge < -0.3 is 14.8 Å². The smallest absolute Gasteiger partial charge is 0.119 e. The molecule has 1 N–H and O–H groups in total. The summed E-state index contributed by atoms with van der Waals surface area (Å²) < 4.78 is 10.9. The van der Waals surface area contributed by atoms with E-state index in [9.17, 15) is 0 Å². The van der Waals surface area contributed by atoms with Gasteiger partial charge in [-0.2, -0.15) is 0 Å². The maximum atomic E-state index is 5.85. The summed E-state index contributed by atoms with van der Waals surface area (Å²) in [5, 5.41) is 4.23. The number of ether oxygens (including phenoxy) is 2. The van der Waals surface area contributed by atoms with Crippen molar-refractivity contribution in [3.63, 3.8) is 0 Å². The van der Waals surface area contributed by atoms with Gasteiger partial charge in [0.1, 0.15) is 12.4 Å². The minimum atomic E-state index is 0.366. The van der Waals surface area contributed by atoms with Gasteiger partial charge in [-0.3, -0.25) is 0 Å². The summed E-state index contributed by atoms with van der Waals surface area (Å²) in [6, 6.07) is 7.85.